The molecule has 1 heterocycles. The number of halogens is 2. The average molecular weight is 350 g/mol. The molecule has 0 unspecified atom stereocenters. The summed E-state index contributed by atoms with van der Waals surface area (Å²) in [6.07, 6.45) is 2.76. The van der Waals surface area contributed by atoms with Crippen LogP contribution >= 0.6 is 24.0 Å². The fraction of sp³-hybridized carbons (Fsp3) is 0.316. The van der Waals surface area contributed by atoms with E-state index < -0.39 is 0 Å². The smallest absolute Gasteiger partial charge is 0.119 e. The van der Waals surface area contributed by atoms with Crippen LogP contribution in [0.2, 0.25) is 0 Å². The minimum atomic E-state index is 0. The summed E-state index contributed by atoms with van der Waals surface area (Å²) in [6.45, 7) is 0.854. The topological polar surface area (TPSA) is 21.6 Å². The predicted octanol–water partition coefficient (Wildman–Crippen LogP) is 4.49. The van der Waals surface area contributed by atoms with E-state index in [1.54, 1.807) is 7.11 Å². The van der Waals surface area contributed by atoms with Crippen molar-refractivity contribution in [3.8, 4) is 5.75 Å². The minimum Gasteiger partial charge on any atom is -0.497 e. The highest BCUT2D eigenvalue weighted by molar-refractivity contribution is 6.18. The molecule has 3 rings (SSSR count). The lowest BCUT2D eigenvalue weighted by Gasteiger charge is -2.19. The fourth-order valence-corrected chi connectivity index (χ4v) is 3.19. The van der Waals surface area contributed by atoms with Crippen molar-refractivity contribution in [3.63, 3.8) is 0 Å². The van der Waals surface area contributed by atoms with Gasteiger partial charge in [-0.1, -0.05) is 24.3 Å². The fourth-order valence-electron chi connectivity index (χ4n) is 2.99. The van der Waals surface area contributed by atoms with Crippen molar-refractivity contribution in [2.45, 2.75) is 19.3 Å². The van der Waals surface area contributed by atoms with Gasteiger partial charge in [0, 0.05) is 24.6 Å². The maximum Gasteiger partial charge on any atom is 0.119 e. The molecule has 1 aliphatic heterocycles. The number of fused-ring (bicyclic) bond motifs is 1. The first-order valence-electron chi connectivity index (χ1n) is 7.65. The molecule has 0 atom stereocenters. The SMILES string of the molecule is COc1ccc2c(c1)CCN=C2Cc1ccccc1CCCl.Cl. The van der Waals surface area contributed by atoms with Crippen molar-refractivity contribution in [1.82, 2.24) is 0 Å². The molecule has 4 heteroatoms. The van der Waals surface area contributed by atoms with Crippen molar-refractivity contribution < 1.29 is 4.74 Å². The van der Waals surface area contributed by atoms with Gasteiger partial charge >= 0.3 is 0 Å². The molecule has 0 aliphatic carbocycles. The summed E-state index contributed by atoms with van der Waals surface area (Å²) in [5.74, 6) is 1.57. The summed E-state index contributed by atoms with van der Waals surface area (Å²) in [5, 5.41) is 0. The average Bonchev–Trinajstić information content (AvgIpc) is 2.56. The number of benzene rings is 2. The van der Waals surface area contributed by atoms with E-state index >= 15 is 0 Å². The molecule has 2 aromatic rings. The van der Waals surface area contributed by atoms with Crippen LogP contribution in [0.25, 0.3) is 0 Å². The van der Waals surface area contributed by atoms with Crippen LogP contribution in [0.5, 0.6) is 5.75 Å². The maximum absolute atomic E-state index is 5.92. The predicted molar refractivity (Wildman–Crippen MR) is 99.9 cm³/mol. The van der Waals surface area contributed by atoms with Crippen LogP contribution in [0.3, 0.4) is 0 Å². The van der Waals surface area contributed by atoms with Gasteiger partial charge in [-0.25, -0.2) is 0 Å². The first-order chi connectivity index (χ1) is 10.8. The Kier molecular flexibility index (Phi) is 6.49. The second kappa shape index (κ2) is 8.37. The number of hydrogen-bond acceptors (Lipinski definition) is 2. The zero-order chi connectivity index (χ0) is 15.4. The number of methoxy groups -OCH3 is 1. The molecule has 0 spiro atoms. The summed E-state index contributed by atoms with van der Waals surface area (Å²) < 4.78 is 5.33. The van der Waals surface area contributed by atoms with Crippen LogP contribution in [0, 0.1) is 0 Å². The van der Waals surface area contributed by atoms with Gasteiger partial charge in [0.2, 0.25) is 0 Å². The van der Waals surface area contributed by atoms with Gasteiger partial charge in [0.15, 0.2) is 0 Å². The van der Waals surface area contributed by atoms with Crippen LogP contribution < -0.4 is 4.74 Å². The molecule has 23 heavy (non-hydrogen) atoms. The Hall–Kier alpha value is -1.51. The van der Waals surface area contributed by atoms with E-state index in [1.165, 1.54) is 28.0 Å². The maximum atomic E-state index is 5.92. The van der Waals surface area contributed by atoms with Gasteiger partial charge in [-0.3, -0.25) is 4.99 Å². The Bertz CT molecular complexity index is 698. The summed E-state index contributed by atoms with van der Waals surface area (Å²) in [5.41, 5.74) is 6.41. The molecular weight excluding hydrogens is 329 g/mol. The zero-order valence-corrected chi connectivity index (χ0v) is 14.8. The summed E-state index contributed by atoms with van der Waals surface area (Å²) in [7, 11) is 1.71. The quantitative estimate of drug-likeness (QED) is 0.729. The third kappa shape index (κ3) is 4.07. The lowest BCUT2D eigenvalue weighted by Crippen LogP contribution is -2.16. The number of alkyl halides is 1. The highest BCUT2D eigenvalue weighted by Gasteiger charge is 2.16. The van der Waals surface area contributed by atoms with E-state index in [4.69, 9.17) is 21.3 Å². The van der Waals surface area contributed by atoms with Crippen LogP contribution in [0.15, 0.2) is 47.5 Å². The molecule has 0 amide bonds. The van der Waals surface area contributed by atoms with Crippen molar-refractivity contribution in [3.05, 3.63) is 64.7 Å². The molecular formula is C19H21Cl2NO. The second-order valence-electron chi connectivity index (χ2n) is 5.49. The number of aryl methyl sites for hydroxylation is 1. The summed E-state index contributed by atoms with van der Waals surface area (Å²) >= 11 is 5.92. The highest BCUT2D eigenvalue weighted by Crippen LogP contribution is 2.24. The van der Waals surface area contributed by atoms with Crippen molar-refractivity contribution in [2.24, 2.45) is 4.99 Å². The molecule has 0 saturated heterocycles. The van der Waals surface area contributed by atoms with Gasteiger partial charge in [0.25, 0.3) is 0 Å². The van der Waals surface area contributed by atoms with Crippen LogP contribution in [-0.4, -0.2) is 25.2 Å². The first kappa shape index (κ1) is 17.8. The van der Waals surface area contributed by atoms with Gasteiger partial charge in [0.05, 0.1) is 7.11 Å². The third-order valence-corrected chi connectivity index (χ3v) is 4.34. The molecule has 2 nitrogen and oxygen atoms in total. The molecule has 122 valence electrons. The Morgan fingerprint density at radius 3 is 2.65 bits per heavy atom. The van der Waals surface area contributed by atoms with Gasteiger partial charge in [-0.05, 0) is 53.3 Å². The first-order valence-corrected chi connectivity index (χ1v) is 8.18. The van der Waals surface area contributed by atoms with Crippen molar-refractivity contribution in [2.75, 3.05) is 19.5 Å². The molecule has 0 radical (unpaired) electrons. The minimum absolute atomic E-state index is 0. The lowest BCUT2D eigenvalue weighted by molar-refractivity contribution is 0.414. The largest absolute Gasteiger partial charge is 0.497 e. The van der Waals surface area contributed by atoms with E-state index in [-0.39, 0.29) is 12.4 Å². The molecule has 0 bridgehead atoms. The van der Waals surface area contributed by atoms with Crippen LogP contribution in [0.4, 0.5) is 0 Å². The van der Waals surface area contributed by atoms with Gasteiger partial charge in [-0.2, -0.15) is 0 Å². The van der Waals surface area contributed by atoms with Crippen molar-refractivity contribution in [1.29, 1.82) is 0 Å². The van der Waals surface area contributed by atoms with E-state index in [0.717, 1.165) is 31.6 Å². The molecule has 1 aliphatic rings. The molecule has 0 fully saturated rings. The van der Waals surface area contributed by atoms with Gasteiger partial charge < -0.3 is 4.74 Å². The summed E-state index contributed by atoms with van der Waals surface area (Å²) in [4.78, 5) is 4.77. The Labute approximate surface area is 149 Å². The number of ether oxygens (including phenoxy) is 1. The number of hydrogen-bond donors (Lipinski definition) is 0. The molecule has 0 N–H and O–H groups in total. The zero-order valence-electron chi connectivity index (χ0n) is 13.2. The number of aliphatic imine (C=N–C) groups is 1. The Morgan fingerprint density at radius 1 is 1.13 bits per heavy atom. The van der Waals surface area contributed by atoms with E-state index in [0.29, 0.717) is 5.88 Å². The molecule has 0 saturated carbocycles. The second-order valence-corrected chi connectivity index (χ2v) is 5.86. The van der Waals surface area contributed by atoms with Crippen molar-refractivity contribution >= 4 is 29.7 Å². The molecule has 0 aromatic heterocycles. The van der Waals surface area contributed by atoms with Crippen LogP contribution in [0.1, 0.15) is 22.3 Å². The standard InChI is InChI=1S/C19H20ClNO.ClH/c1-22-17-6-7-18-16(12-17)9-11-21-19(18)13-15-5-3-2-4-14(15)8-10-20;/h2-7,12H,8-11,13H2,1H3;1H. The summed E-state index contributed by atoms with van der Waals surface area (Å²) in [6, 6.07) is 14.8. The highest BCUT2D eigenvalue weighted by atomic mass is 35.5. The van der Waals surface area contributed by atoms with Crippen LogP contribution in [-0.2, 0) is 19.3 Å². The number of nitrogens with zero attached hydrogens (tertiary/aromatic N) is 1. The molecule has 2 aromatic carbocycles. The third-order valence-electron chi connectivity index (χ3n) is 4.15. The van der Waals surface area contributed by atoms with E-state index in [9.17, 15) is 0 Å². The Balaban J connectivity index is 0.00000192. The Morgan fingerprint density at radius 2 is 1.91 bits per heavy atom. The van der Waals surface area contributed by atoms with Gasteiger partial charge in [0.1, 0.15) is 5.75 Å². The van der Waals surface area contributed by atoms with E-state index in [1.807, 2.05) is 6.07 Å². The van der Waals surface area contributed by atoms with Gasteiger partial charge in [-0.15, -0.1) is 24.0 Å². The normalized spacial score (nSPS) is 12.9. The number of rotatable bonds is 5. The van der Waals surface area contributed by atoms with E-state index in [2.05, 4.69) is 36.4 Å². The monoisotopic (exact) mass is 349 g/mol. The lowest BCUT2D eigenvalue weighted by atomic mass is 9.91.